The number of carbonyl (C=O) groups is 1. The van der Waals surface area contributed by atoms with Gasteiger partial charge >= 0.3 is 5.97 Å². The highest BCUT2D eigenvalue weighted by molar-refractivity contribution is 7.85. The minimum absolute atomic E-state index is 0.237. The standard InChI is InChI=1S/C15H21NO6S/c1-12-4-2-3-5-14(12)15(17)22-13(11-23(18,19)20)10-16-6-8-21-9-7-16/h2-5,13H,6-11H2,1H3,(H,18,19,20). The van der Waals surface area contributed by atoms with Gasteiger partial charge in [0.2, 0.25) is 0 Å². The van der Waals surface area contributed by atoms with Gasteiger partial charge in [-0.15, -0.1) is 0 Å². The van der Waals surface area contributed by atoms with Crippen LogP contribution < -0.4 is 0 Å². The Kier molecular flexibility index (Phi) is 6.11. The minimum Gasteiger partial charge on any atom is -0.456 e. The molecule has 7 nitrogen and oxygen atoms in total. The molecule has 8 heteroatoms. The lowest BCUT2D eigenvalue weighted by Crippen LogP contribution is -2.44. The highest BCUT2D eigenvalue weighted by atomic mass is 32.2. The van der Waals surface area contributed by atoms with Crippen LogP contribution in [0, 0.1) is 6.92 Å². The fourth-order valence-electron chi connectivity index (χ4n) is 2.45. The molecule has 1 N–H and O–H groups in total. The molecule has 2 rings (SSSR count). The number of rotatable bonds is 6. The lowest BCUT2D eigenvalue weighted by Gasteiger charge is -2.29. The maximum Gasteiger partial charge on any atom is 0.338 e. The van der Waals surface area contributed by atoms with Crippen molar-refractivity contribution in [2.45, 2.75) is 13.0 Å². The van der Waals surface area contributed by atoms with Gasteiger partial charge in [-0.3, -0.25) is 9.45 Å². The van der Waals surface area contributed by atoms with Crippen molar-refractivity contribution in [3.8, 4) is 0 Å². The summed E-state index contributed by atoms with van der Waals surface area (Å²) in [4.78, 5) is 14.2. The molecular formula is C15H21NO6S. The molecule has 0 bridgehead atoms. The highest BCUT2D eigenvalue weighted by Gasteiger charge is 2.25. The molecule has 1 aromatic carbocycles. The van der Waals surface area contributed by atoms with Crippen LogP contribution in [0.1, 0.15) is 15.9 Å². The van der Waals surface area contributed by atoms with Gasteiger partial charge in [-0.25, -0.2) is 4.79 Å². The van der Waals surface area contributed by atoms with Gasteiger partial charge in [0.1, 0.15) is 11.9 Å². The number of esters is 1. The van der Waals surface area contributed by atoms with Gasteiger partial charge in [0.25, 0.3) is 10.1 Å². The lowest BCUT2D eigenvalue weighted by molar-refractivity contribution is 0.000920. The van der Waals surface area contributed by atoms with E-state index in [0.29, 0.717) is 31.9 Å². The Morgan fingerprint density at radius 2 is 2.00 bits per heavy atom. The summed E-state index contributed by atoms with van der Waals surface area (Å²) in [5.74, 6) is -1.22. The van der Waals surface area contributed by atoms with Crippen LogP contribution in [0.5, 0.6) is 0 Å². The molecule has 1 aliphatic rings. The van der Waals surface area contributed by atoms with E-state index < -0.39 is 27.9 Å². The molecule has 0 radical (unpaired) electrons. The third-order valence-electron chi connectivity index (χ3n) is 3.60. The van der Waals surface area contributed by atoms with Crippen LogP contribution in [0.3, 0.4) is 0 Å². The van der Waals surface area contributed by atoms with Crippen LogP contribution in [0.4, 0.5) is 0 Å². The summed E-state index contributed by atoms with van der Waals surface area (Å²) in [6.07, 6.45) is -0.935. The van der Waals surface area contributed by atoms with Crippen LogP contribution in [0.2, 0.25) is 0 Å². The first kappa shape index (κ1) is 17.9. The van der Waals surface area contributed by atoms with Crippen molar-refractivity contribution < 1.29 is 27.2 Å². The van der Waals surface area contributed by atoms with Gasteiger partial charge < -0.3 is 9.47 Å². The molecule has 1 atom stereocenters. The number of morpholine rings is 1. The van der Waals surface area contributed by atoms with Crippen molar-refractivity contribution >= 4 is 16.1 Å². The third-order valence-corrected chi connectivity index (χ3v) is 4.39. The van der Waals surface area contributed by atoms with Crippen LogP contribution >= 0.6 is 0 Å². The summed E-state index contributed by atoms with van der Waals surface area (Å²) in [5.41, 5.74) is 1.13. The minimum atomic E-state index is -4.25. The molecule has 0 saturated carbocycles. The molecule has 1 aromatic rings. The Morgan fingerprint density at radius 1 is 1.35 bits per heavy atom. The van der Waals surface area contributed by atoms with Crippen molar-refractivity contribution in [2.75, 3.05) is 38.6 Å². The summed E-state index contributed by atoms with van der Waals surface area (Å²) in [6.45, 7) is 4.36. The zero-order valence-electron chi connectivity index (χ0n) is 13.0. The van der Waals surface area contributed by atoms with Gasteiger partial charge in [-0.05, 0) is 18.6 Å². The molecular weight excluding hydrogens is 322 g/mol. The Bertz CT molecular complexity index is 639. The van der Waals surface area contributed by atoms with E-state index in [1.165, 1.54) is 0 Å². The molecule has 0 spiro atoms. The maximum absolute atomic E-state index is 12.3. The van der Waals surface area contributed by atoms with Crippen LogP contribution in [-0.2, 0) is 19.6 Å². The monoisotopic (exact) mass is 343 g/mol. The topological polar surface area (TPSA) is 93.1 Å². The second kappa shape index (κ2) is 7.87. The number of aryl methyl sites for hydroxylation is 1. The van der Waals surface area contributed by atoms with Crippen molar-refractivity contribution in [3.63, 3.8) is 0 Å². The summed E-state index contributed by atoms with van der Waals surface area (Å²) >= 11 is 0. The van der Waals surface area contributed by atoms with Crippen LogP contribution in [0.25, 0.3) is 0 Å². The highest BCUT2D eigenvalue weighted by Crippen LogP contribution is 2.12. The summed E-state index contributed by atoms with van der Waals surface area (Å²) in [6, 6.07) is 6.91. The van der Waals surface area contributed by atoms with Gasteiger partial charge in [0, 0.05) is 19.6 Å². The Morgan fingerprint density at radius 3 is 2.61 bits per heavy atom. The Balaban J connectivity index is 2.07. The van der Waals surface area contributed by atoms with E-state index in [1.807, 2.05) is 4.90 Å². The zero-order valence-corrected chi connectivity index (χ0v) is 13.8. The first-order chi connectivity index (χ1) is 10.8. The van der Waals surface area contributed by atoms with E-state index in [9.17, 15) is 13.2 Å². The fraction of sp³-hybridized carbons (Fsp3) is 0.533. The molecule has 1 fully saturated rings. The second-order valence-electron chi connectivity index (χ2n) is 5.50. The number of carbonyl (C=O) groups excluding carboxylic acids is 1. The number of nitrogens with zero attached hydrogens (tertiary/aromatic N) is 1. The number of benzene rings is 1. The summed E-state index contributed by atoms with van der Waals surface area (Å²) in [7, 11) is -4.25. The molecule has 128 valence electrons. The molecule has 1 heterocycles. The second-order valence-corrected chi connectivity index (χ2v) is 7.00. The smallest absolute Gasteiger partial charge is 0.338 e. The number of ether oxygens (including phenoxy) is 2. The van der Waals surface area contributed by atoms with Gasteiger partial charge in [-0.2, -0.15) is 8.42 Å². The molecule has 1 saturated heterocycles. The molecule has 23 heavy (non-hydrogen) atoms. The fourth-order valence-corrected chi connectivity index (χ4v) is 3.09. The largest absolute Gasteiger partial charge is 0.456 e. The molecule has 0 aliphatic carbocycles. The normalized spacial score (nSPS) is 17.7. The van der Waals surface area contributed by atoms with E-state index in [-0.39, 0.29) is 6.54 Å². The predicted molar refractivity (Wildman–Crippen MR) is 84.1 cm³/mol. The van der Waals surface area contributed by atoms with Crippen LogP contribution in [0.15, 0.2) is 24.3 Å². The number of hydrogen-bond acceptors (Lipinski definition) is 6. The van der Waals surface area contributed by atoms with Crippen molar-refractivity contribution in [3.05, 3.63) is 35.4 Å². The summed E-state index contributed by atoms with van der Waals surface area (Å²) in [5, 5.41) is 0. The first-order valence-electron chi connectivity index (χ1n) is 7.37. The SMILES string of the molecule is Cc1ccccc1C(=O)OC(CN1CCOCC1)CS(=O)(=O)O. The van der Waals surface area contributed by atoms with Crippen LogP contribution in [-0.4, -0.2) is 68.5 Å². The average molecular weight is 343 g/mol. The predicted octanol–water partition coefficient (Wildman–Crippen LogP) is 0.740. The van der Waals surface area contributed by atoms with Crippen molar-refractivity contribution in [1.29, 1.82) is 0 Å². The average Bonchev–Trinajstić information content (AvgIpc) is 2.46. The van der Waals surface area contributed by atoms with E-state index in [1.54, 1.807) is 31.2 Å². The molecule has 0 aromatic heterocycles. The van der Waals surface area contributed by atoms with E-state index in [2.05, 4.69) is 0 Å². The Hall–Kier alpha value is -1.48. The van der Waals surface area contributed by atoms with E-state index >= 15 is 0 Å². The number of hydrogen-bond donors (Lipinski definition) is 1. The first-order valence-corrected chi connectivity index (χ1v) is 8.98. The maximum atomic E-state index is 12.3. The third kappa shape index (κ3) is 5.91. The Labute approximate surface area is 135 Å². The van der Waals surface area contributed by atoms with Gasteiger partial charge in [0.15, 0.2) is 0 Å². The van der Waals surface area contributed by atoms with Crippen molar-refractivity contribution in [2.24, 2.45) is 0 Å². The lowest BCUT2D eigenvalue weighted by atomic mass is 10.1. The van der Waals surface area contributed by atoms with Crippen molar-refractivity contribution in [1.82, 2.24) is 4.90 Å². The summed E-state index contributed by atoms with van der Waals surface area (Å²) < 4.78 is 42.0. The van der Waals surface area contributed by atoms with Gasteiger partial charge in [-0.1, -0.05) is 18.2 Å². The molecule has 1 aliphatic heterocycles. The molecule has 1 unspecified atom stereocenters. The van der Waals surface area contributed by atoms with E-state index in [0.717, 1.165) is 5.56 Å². The van der Waals surface area contributed by atoms with Gasteiger partial charge in [0.05, 0.1) is 18.8 Å². The quantitative estimate of drug-likeness (QED) is 0.601. The molecule has 0 amide bonds. The van der Waals surface area contributed by atoms with E-state index in [4.69, 9.17) is 14.0 Å². The zero-order chi connectivity index (χ0) is 16.9.